The topological polar surface area (TPSA) is 0 Å². The van der Waals surface area contributed by atoms with E-state index in [0.717, 1.165) is 0 Å². The number of halogens is 2. The Hall–Kier alpha value is -6.13. The molecule has 0 saturated carbocycles. The molecule has 2 unspecified atom stereocenters. The average Bonchev–Trinajstić information content (AvgIpc) is 4.14. The van der Waals surface area contributed by atoms with Gasteiger partial charge in [0.1, 0.15) is 0 Å². The first-order chi connectivity index (χ1) is 35.1. The van der Waals surface area contributed by atoms with Gasteiger partial charge in [-0.1, -0.05) is 0 Å². The van der Waals surface area contributed by atoms with Crippen LogP contribution in [0.5, 0.6) is 0 Å². The Morgan fingerprint density at radius 1 is 0.361 bits per heavy atom. The van der Waals surface area contributed by atoms with E-state index in [0.29, 0.717) is 0 Å². The Bertz CT molecular complexity index is 3720. The van der Waals surface area contributed by atoms with E-state index in [2.05, 4.69) is 252 Å². The van der Waals surface area contributed by atoms with Crippen LogP contribution in [0.3, 0.4) is 0 Å². The molecular formula is C68H55Cl2HfSi. The predicted molar refractivity (Wildman–Crippen MR) is 312 cm³/mol. The van der Waals surface area contributed by atoms with Crippen molar-refractivity contribution in [3.05, 3.63) is 246 Å². The van der Waals surface area contributed by atoms with Crippen LogP contribution in [0.2, 0.25) is 0 Å². The first kappa shape index (κ1) is 45.7. The van der Waals surface area contributed by atoms with Gasteiger partial charge in [-0.05, 0) is 0 Å². The normalized spacial score (nSPS) is 16.6. The average molecular weight is 1150 g/mol. The van der Waals surface area contributed by atoms with E-state index in [9.17, 15) is 17.2 Å². The molecule has 3 aliphatic rings. The molecule has 0 N–H and O–H groups in total. The van der Waals surface area contributed by atoms with Gasteiger partial charge in [-0.25, -0.2) is 0 Å². The fourth-order valence-electron chi connectivity index (χ4n) is 13.4. The minimum absolute atomic E-state index is 0.182. The summed E-state index contributed by atoms with van der Waals surface area (Å²) >= 11 is -6.04. The van der Waals surface area contributed by atoms with Crippen LogP contribution in [0.15, 0.2) is 223 Å². The summed E-state index contributed by atoms with van der Waals surface area (Å²) < 4.78 is 0.908. The Morgan fingerprint density at radius 2 is 0.722 bits per heavy atom. The van der Waals surface area contributed by atoms with Crippen LogP contribution >= 0.6 is 17.2 Å². The maximum atomic E-state index is 9.60. The van der Waals surface area contributed by atoms with Crippen LogP contribution in [0.4, 0.5) is 0 Å². The Morgan fingerprint density at radius 3 is 1.22 bits per heavy atom. The van der Waals surface area contributed by atoms with Crippen molar-refractivity contribution in [3.63, 3.8) is 0 Å². The van der Waals surface area contributed by atoms with Crippen molar-refractivity contribution in [1.29, 1.82) is 0 Å². The molecule has 0 spiro atoms. The molecule has 2 aliphatic carbocycles. The Kier molecular flexibility index (Phi) is 11.1. The van der Waals surface area contributed by atoms with Crippen molar-refractivity contribution in [2.75, 3.05) is 0 Å². The molecule has 0 bridgehead atoms. The quantitative estimate of drug-likeness (QED) is 0.126. The van der Waals surface area contributed by atoms with Crippen molar-refractivity contribution in [1.82, 2.24) is 0 Å². The fraction of sp³-hybridized carbons (Fsp3) is 0.118. The van der Waals surface area contributed by atoms with E-state index in [1.54, 1.807) is 0 Å². The second-order valence-corrected chi connectivity index (χ2v) is 52.1. The third kappa shape index (κ3) is 6.93. The third-order valence-electron chi connectivity index (χ3n) is 16.5. The van der Waals surface area contributed by atoms with Crippen LogP contribution in [-0.2, 0) is 16.1 Å². The van der Waals surface area contributed by atoms with Gasteiger partial charge in [-0.15, -0.1) is 0 Å². The van der Waals surface area contributed by atoms with Crippen molar-refractivity contribution < 1.29 is 16.1 Å². The number of fused-ring (bicyclic) bond motifs is 7. The summed E-state index contributed by atoms with van der Waals surface area (Å²) in [5.74, 6) is 0.378. The molecule has 0 fully saturated rings. The molecule has 4 heteroatoms. The number of allylic oxidation sites excluding steroid dienone is 2. The van der Waals surface area contributed by atoms with Crippen LogP contribution in [0.1, 0.15) is 57.3 Å². The van der Waals surface area contributed by atoms with Gasteiger partial charge in [0.25, 0.3) is 0 Å². The Balaban J connectivity index is 1.08. The van der Waals surface area contributed by atoms with Gasteiger partial charge in [0.05, 0.1) is 0 Å². The summed E-state index contributed by atoms with van der Waals surface area (Å²) in [6.07, 6.45) is 5.06. The summed E-state index contributed by atoms with van der Waals surface area (Å²) in [7, 11) is 18.3. The van der Waals surface area contributed by atoms with Crippen LogP contribution in [0, 0.1) is 11.8 Å². The SMILES string of the molecule is CC(C)C1=Cc2c(-c3ccccc3-c3cccc4ccccc34)cccc2[CH]1[Hf]([Cl])([Cl])([c]1cccc2c1[SiH2]c1ccccc1-2)[CH]1C(C(C)C)=Cc2c(-c3ccccc3-c3cccc4ccccc34)cccc21. The molecule has 349 valence electrons. The van der Waals surface area contributed by atoms with E-state index in [-0.39, 0.29) is 19.2 Å². The molecule has 0 nitrogen and oxygen atoms in total. The molecule has 0 saturated heterocycles. The molecule has 1 aliphatic heterocycles. The summed E-state index contributed by atoms with van der Waals surface area (Å²) in [5.41, 5.74) is 20.2. The minimum atomic E-state index is -6.04. The molecule has 0 radical (unpaired) electrons. The van der Waals surface area contributed by atoms with Gasteiger partial charge in [0, 0.05) is 0 Å². The molecule has 0 amide bonds. The van der Waals surface area contributed by atoms with Gasteiger partial charge in [0.2, 0.25) is 0 Å². The van der Waals surface area contributed by atoms with Gasteiger partial charge < -0.3 is 0 Å². The molecule has 1 heterocycles. The maximum absolute atomic E-state index is 9.60. The van der Waals surface area contributed by atoms with Crippen LogP contribution in [0.25, 0.3) is 89.3 Å². The summed E-state index contributed by atoms with van der Waals surface area (Å²) in [4.78, 5) is 0. The second kappa shape index (κ2) is 17.5. The fourth-order valence-corrected chi connectivity index (χ4v) is 52.9. The van der Waals surface area contributed by atoms with E-state index in [1.807, 2.05) is 0 Å². The van der Waals surface area contributed by atoms with Gasteiger partial charge in [-0.2, -0.15) is 0 Å². The molecule has 72 heavy (non-hydrogen) atoms. The zero-order valence-corrected chi connectivity index (χ0v) is 47.7. The van der Waals surface area contributed by atoms with Crippen molar-refractivity contribution in [2.24, 2.45) is 11.8 Å². The van der Waals surface area contributed by atoms with Crippen molar-refractivity contribution in [3.8, 4) is 55.6 Å². The number of hydrogen-bond acceptors (Lipinski definition) is 0. The van der Waals surface area contributed by atoms with Crippen LogP contribution < -0.4 is 13.7 Å². The van der Waals surface area contributed by atoms with Gasteiger partial charge in [-0.3, -0.25) is 0 Å². The first-order valence-corrected chi connectivity index (χ1v) is 42.0. The number of benzene rings is 10. The predicted octanol–water partition coefficient (Wildman–Crippen LogP) is 17.0. The summed E-state index contributed by atoms with van der Waals surface area (Å²) in [6.45, 7) is 9.46. The number of hydrogen-bond donors (Lipinski definition) is 0. The zero-order chi connectivity index (χ0) is 48.9. The van der Waals surface area contributed by atoms with E-state index < -0.39 is 25.7 Å². The van der Waals surface area contributed by atoms with Crippen molar-refractivity contribution >= 4 is 74.1 Å². The molecular weight excluding hydrogens is 1090 g/mol. The van der Waals surface area contributed by atoms with Gasteiger partial charge >= 0.3 is 438 Å². The first-order valence-electron chi connectivity index (χ1n) is 25.7. The molecule has 0 aromatic heterocycles. The second-order valence-electron chi connectivity index (χ2n) is 21.0. The van der Waals surface area contributed by atoms with E-state index >= 15 is 0 Å². The Labute approximate surface area is 434 Å². The molecule has 2 atom stereocenters. The van der Waals surface area contributed by atoms with E-state index in [4.69, 9.17) is 0 Å². The molecule has 10 aromatic carbocycles. The standard InChI is InChI=1S/2C28H23.C12H9Si.2ClH.Hf/c2*1-19(2)22-17-21-11-8-16-27(28(21)18-22)26-14-6-5-13-25(26)24-15-7-10-20-9-3-4-12-23(20)24;1-3-7-11-9(5-1)10-6-2-4-8-12(10)13-11;;;/h2*3-19H,1-2H3;1-7H,13H2;2*1H;/q;;;;;+2/p-2. The van der Waals surface area contributed by atoms with Crippen LogP contribution in [-0.4, -0.2) is 9.52 Å². The third-order valence-corrected chi connectivity index (χ3v) is 48.0. The molecule has 13 rings (SSSR count). The van der Waals surface area contributed by atoms with Crippen molar-refractivity contribution in [2.45, 2.75) is 35.0 Å². The van der Waals surface area contributed by atoms with Gasteiger partial charge in [0.15, 0.2) is 0 Å². The van der Waals surface area contributed by atoms with E-state index in [1.165, 1.54) is 124 Å². The molecule has 10 aromatic rings. The summed E-state index contributed by atoms with van der Waals surface area (Å²) in [6, 6.07) is 79.0. The summed E-state index contributed by atoms with van der Waals surface area (Å²) in [5, 5.41) is 7.91. The monoisotopic (exact) mass is 1150 g/mol. The zero-order valence-electron chi connectivity index (χ0n) is 41.1. The number of rotatable bonds is 9.